The second kappa shape index (κ2) is 5.69. The molecular weight excluding hydrogens is 248 g/mol. The molecule has 0 aliphatic heterocycles. The van der Waals surface area contributed by atoms with Gasteiger partial charge in [0.1, 0.15) is 5.56 Å². The van der Waals surface area contributed by atoms with Crippen LogP contribution in [0.3, 0.4) is 0 Å². The first kappa shape index (κ1) is 13.3. The van der Waals surface area contributed by atoms with E-state index in [1.807, 2.05) is 0 Å². The molecule has 0 bridgehead atoms. The lowest BCUT2D eigenvalue weighted by molar-refractivity contribution is -0.385. The zero-order valence-electron chi connectivity index (χ0n) is 10.5. The van der Waals surface area contributed by atoms with Crippen molar-refractivity contribution in [1.29, 1.82) is 0 Å². The lowest BCUT2D eigenvalue weighted by Gasteiger charge is -2.07. The SMILES string of the molecule is O=C(O)c1cc(NCCCC2CC2)ccc1[N+](=O)[O-]. The predicted octanol–water partition coefficient (Wildman–Crippen LogP) is 2.90. The molecule has 102 valence electrons. The molecule has 0 heterocycles. The van der Waals surface area contributed by atoms with Gasteiger partial charge in [0.15, 0.2) is 0 Å². The number of aromatic carboxylic acids is 1. The number of anilines is 1. The van der Waals surface area contributed by atoms with Crippen LogP contribution in [0.1, 0.15) is 36.0 Å². The lowest BCUT2D eigenvalue weighted by atomic mass is 10.1. The summed E-state index contributed by atoms with van der Waals surface area (Å²) in [6.45, 7) is 0.757. The van der Waals surface area contributed by atoms with Gasteiger partial charge in [0, 0.05) is 18.3 Å². The van der Waals surface area contributed by atoms with E-state index in [9.17, 15) is 14.9 Å². The van der Waals surface area contributed by atoms with Crippen LogP contribution in [-0.4, -0.2) is 22.5 Å². The molecule has 0 unspecified atom stereocenters. The number of benzene rings is 1. The summed E-state index contributed by atoms with van der Waals surface area (Å²) in [5.41, 5.74) is -0.0491. The van der Waals surface area contributed by atoms with Crippen molar-refractivity contribution < 1.29 is 14.8 Å². The molecule has 2 rings (SSSR count). The first-order valence-corrected chi connectivity index (χ1v) is 6.33. The molecule has 6 nitrogen and oxygen atoms in total. The van der Waals surface area contributed by atoms with Crippen LogP contribution < -0.4 is 5.32 Å². The second-order valence-corrected chi connectivity index (χ2v) is 4.81. The van der Waals surface area contributed by atoms with Gasteiger partial charge in [-0.15, -0.1) is 0 Å². The minimum atomic E-state index is -1.28. The normalized spacial score (nSPS) is 14.1. The topological polar surface area (TPSA) is 92.5 Å². The molecule has 0 amide bonds. The lowest BCUT2D eigenvalue weighted by Crippen LogP contribution is -2.06. The highest BCUT2D eigenvalue weighted by Gasteiger charge is 2.21. The minimum Gasteiger partial charge on any atom is -0.477 e. The van der Waals surface area contributed by atoms with Gasteiger partial charge in [-0.1, -0.05) is 12.8 Å². The Hall–Kier alpha value is -2.11. The quantitative estimate of drug-likeness (QED) is 0.448. The largest absolute Gasteiger partial charge is 0.477 e. The third-order valence-corrected chi connectivity index (χ3v) is 3.24. The summed E-state index contributed by atoms with van der Waals surface area (Å²) in [4.78, 5) is 21.0. The zero-order valence-corrected chi connectivity index (χ0v) is 10.5. The summed E-state index contributed by atoms with van der Waals surface area (Å²) in [6.07, 6.45) is 4.86. The monoisotopic (exact) mass is 264 g/mol. The van der Waals surface area contributed by atoms with Gasteiger partial charge < -0.3 is 10.4 Å². The number of carboxylic acids is 1. The summed E-state index contributed by atoms with van der Waals surface area (Å²) in [6, 6.07) is 4.09. The minimum absolute atomic E-state index is 0.280. The van der Waals surface area contributed by atoms with Crippen LogP contribution in [0.25, 0.3) is 0 Å². The summed E-state index contributed by atoms with van der Waals surface area (Å²) in [5, 5.41) is 22.8. The Labute approximate surface area is 110 Å². The molecule has 0 atom stereocenters. The van der Waals surface area contributed by atoms with Gasteiger partial charge in [-0.3, -0.25) is 10.1 Å². The van der Waals surface area contributed by atoms with Crippen LogP contribution >= 0.6 is 0 Å². The molecule has 19 heavy (non-hydrogen) atoms. The smallest absolute Gasteiger partial charge is 0.342 e. The van der Waals surface area contributed by atoms with Gasteiger partial charge in [0.2, 0.25) is 0 Å². The molecule has 6 heteroatoms. The van der Waals surface area contributed by atoms with Crippen LogP contribution in [0.5, 0.6) is 0 Å². The van der Waals surface area contributed by atoms with E-state index in [0.29, 0.717) is 5.69 Å². The fourth-order valence-corrected chi connectivity index (χ4v) is 2.01. The van der Waals surface area contributed by atoms with E-state index in [0.717, 1.165) is 18.9 Å². The van der Waals surface area contributed by atoms with Crippen molar-refractivity contribution in [3.63, 3.8) is 0 Å². The van der Waals surface area contributed by atoms with Gasteiger partial charge in [0.25, 0.3) is 5.69 Å². The van der Waals surface area contributed by atoms with Gasteiger partial charge in [-0.2, -0.15) is 0 Å². The van der Waals surface area contributed by atoms with E-state index in [4.69, 9.17) is 5.11 Å². The summed E-state index contributed by atoms with van der Waals surface area (Å²) < 4.78 is 0. The highest BCUT2D eigenvalue weighted by atomic mass is 16.6. The third kappa shape index (κ3) is 3.67. The van der Waals surface area contributed by atoms with Crippen LogP contribution in [0.2, 0.25) is 0 Å². The number of nitrogens with zero attached hydrogens (tertiary/aromatic N) is 1. The number of nitro benzene ring substituents is 1. The molecule has 1 aliphatic rings. The molecule has 0 aromatic heterocycles. The number of hydrogen-bond donors (Lipinski definition) is 2. The molecule has 1 fully saturated rings. The highest BCUT2D eigenvalue weighted by molar-refractivity contribution is 5.93. The van der Waals surface area contributed by atoms with E-state index in [1.54, 1.807) is 6.07 Å². The Balaban J connectivity index is 1.98. The fourth-order valence-electron chi connectivity index (χ4n) is 2.01. The summed E-state index contributed by atoms with van der Waals surface area (Å²) in [7, 11) is 0. The molecule has 2 N–H and O–H groups in total. The van der Waals surface area contributed by atoms with Crippen LogP contribution in [-0.2, 0) is 0 Å². The van der Waals surface area contributed by atoms with Crippen molar-refractivity contribution in [2.75, 3.05) is 11.9 Å². The van der Waals surface area contributed by atoms with E-state index < -0.39 is 10.9 Å². The maximum Gasteiger partial charge on any atom is 0.342 e. The number of carbonyl (C=O) groups is 1. The molecule has 1 aliphatic carbocycles. The van der Waals surface area contributed by atoms with Gasteiger partial charge in [-0.05, 0) is 30.9 Å². The fraction of sp³-hybridized carbons (Fsp3) is 0.462. The van der Waals surface area contributed by atoms with Gasteiger partial charge >= 0.3 is 5.97 Å². The number of rotatable bonds is 7. The molecular formula is C13H16N2O4. The second-order valence-electron chi connectivity index (χ2n) is 4.81. The molecule has 0 spiro atoms. The van der Waals surface area contributed by atoms with E-state index in [1.165, 1.54) is 31.4 Å². The van der Waals surface area contributed by atoms with Crippen molar-refractivity contribution >= 4 is 17.3 Å². The average molecular weight is 264 g/mol. The molecule has 0 radical (unpaired) electrons. The van der Waals surface area contributed by atoms with Crippen molar-refractivity contribution in [2.24, 2.45) is 5.92 Å². The Morgan fingerprint density at radius 2 is 2.21 bits per heavy atom. The van der Waals surface area contributed by atoms with Crippen molar-refractivity contribution in [2.45, 2.75) is 25.7 Å². The van der Waals surface area contributed by atoms with E-state index in [2.05, 4.69) is 5.32 Å². The Bertz CT molecular complexity index is 497. The number of nitro groups is 1. The van der Waals surface area contributed by atoms with Crippen molar-refractivity contribution in [3.05, 3.63) is 33.9 Å². The van der Waals surface area contributed by atoms with Crippen LogP contribution in [0, 0.1) is 16.0 Å². The summed E-state index contributed by atoms with van der Waals surface area (Å²) >= 11 is 0. The highest BCUT2D eigenvalue weighted by Crippen LogP contribution is 2.33. The van der Waals surface area contributed by atoms with Crippen LogP contribution in [0.15, 0.2) is 18.2 Å². The Kier molecular flexibility index (Phi) is 3.99. The van der Waals surface area contributed by atoms with E-state index in [-0.39, 0.29) is 11.3 Å². The first-order chi connectivity index (χ1) is 9.08. The predicted molar refractivity (Wildman–Crippen MR) is 70.5 cm³/mol. The maximum absolute atomic E-state index is 11.0. The number of carboxylic acid groups (broad SMARTS) is 1. The van der Waals surface area contributed by atoms with Crippen molar-refractivity contribution in [3.8, 4) is 0 Å². The van der Waals surface area contributed by atoms with Crippen molar-refractivity contribution in [1.82, 2.24) is 0 Å². The average Bonchev–Trinajstić information content (AvgIpc) is 3.18. The Morgan fingerprint density at radius 1 is 1.47 bits per heavy atom. The maximum atomic E-state index is 11.0. The number of hydrogen-bond acceptors (Lipinski definition) is 4. The van der Waals surface area contributed by atoms with Crippen LogP contribution in [0.4, 0.5) is 11.4 Å². The molecule has 1 saturated carbocycles. The zero-order chi connectivity index (χ0) is 13.8. The Morgan fingerprint density at radius 3 is 2.79 bits per heavy atom. The van der Waals surface area contributed by atoms with E-state index >= 15 is 0 Å². The number of nitrogens with one attached hydrogen (secondary N) is 1. The molecule has 1 aromatic rings. The standard InChI is InChI=1S/C13H16N2O4/c16-13(17)11-8-10(5-6-12(11)15(18)19)14-7-1-2-9-3-4-9/h5-6,8-9,14H,1-4,7H2,(H,16,17). The molecule has 0 saturated heterocycles. The third-order valence-electron chi connectivity index (χ3n) is 3.24. The first-order valence-electron chi connectivity index (χ1n) is 6.33. The summed E-state index contributed by atoms with van der Waals surface area (Å²) in [5.74, 6) is -0.415. The van der Waals surface area contributed by atoms with Gasteiger partial charge in [-0.25, -0.2) is 4.79 Å². The molecule has 1 aromatic carbocycles. The van der Waals surface area contributed by atoms with Gasteiger partial charge in [0.05, 0.1) is 4.92 Å².